The Morgan fingerprint density at radius 1 is 1.23 bits per heavy atom. The molecule has 5 aliphatic rings. The number of pyridine rings is 1. The number of likely N-dealkylation sites (tertiary alicyclic amines) is 1. The maximum Gasteiger partial charge on any atom is 0.238 e. The minimum absolute atomic E-state index is 0.0448. The lowest BCUT2D eigenvalue weighted by atomic mass is 9.47. The molecule has 1 aliphatic heterocycles. The van der Waals surface area contributed by atoms with E-state index in [1.165, 1.54) is 0 Å². The number of aromatic nitrogens is 1. The van der Waals surface area contributed by atoms with Crippen LogP contribution in [0.4, 0.5) is 0 Å². The number of carbonyl (C=O) groups is 3. The van der Waals surface area contributed by atoms with E-state index in [1.54, 1.807) is 18.0 Å². The maximum absolute atomic E-state index is 13.4. The Balaban J connectivity index is 1.30. The molecule has 1 aromatic rings. The number of carbonyl (C=O) groups excluding carboxylic acids is 3. The molecule has 31 heavy (non-hydrogen) atoms. The highest BCUT2D eigenvalue weighted by Gasteiger charge is 2.59. The number of hydrogen-bond acceptors (Lipinski definition) is 4. The lowest BCUT2D eigenvalue weighted by Gasteiger charge is -2.59. The van der Waals surface area contributed by atoms with Crippen molar-refractivity contribution in [2.45, 2.75) is 64.5 Å². The highest BCUT2D eigenvalue weighted by Crippen LogP contribution is 2.60. The second-order valence-corrected chi connectivity index (χ2v) is 10.6. The maximum atomic E-state index is 13.4. The third-order valence-electron chi connectivity index (χ3n) is 8.76. The Kier molecular flexibility index (Phi) is 4.65. The molecule has 4 aliphatic carbocycles. The summed E-state index contributed by atoms with van der Waals surface area (Å²) in [6.07, 6.45) is 6.77. The van der Waals surface area contributed by atoms with E-state index in [4.69, 9.17) is 5.73 Å². The lowest BCUT2D eigenvalue weighted by Crippen LogP contribution is -2.63. The van der Waals surface area contributed by atoms with Gasteiger partial charge in [0.15, 0.2) is 0 Å². The van der Waals surface area contributed by atoms with Gasteiger partial charge < -0.3 is 16.0 Å². The van der Waals surface area contributed by atoms with Crippen LogP contribution in [0.5, 0.6) is 0 Å². The fourth-order valence-electron chi connectivity index (χ4n) is 7.10. The van der Waals surface area contributed by atoms with E-state index in [1.807, 2.05) is 25.1 Å². The van der Waals surface area contributed by atoms with Gasteiger partial charge in [-0.1, -0.05) is 6.07 Å². The van der Waals surface area contributed by atoms with Gasteiger partial charge in [-0.15, -0.1) is 0 Å². The molecule has 3 N–H and O–H groups in total. The van der Waals surface area contributed by atoms with Crippen molar-refractivity contribution < 1.29 is 14.4 Å². The van der Waals surface area contributed by atoms with E-state index in [0.717, 1.165) is 37.8 Å². The van der Waals surface area contributed by atoms with Gasteiger partial charge in [-0.3, -0.25) is 19.4 Å². The topological polar surface area (TPSA) is 105 Å². The second-order valence-electron chi connectivity index (χ2n) is 10.6. The first-order valence-electron chi connectivity index (χ1n) is 11.6. The zero-order chi connectivity index (χ0) is 22.0. The molecule has 5 fully saturated rings. The summed E-state index contributed by atoms with van der Waals surface area (Å²) >= 11 is 0. The van der Waals surface area contributed by atoms with Crippen molar-refractivity contribution in [2.75, 3.05) is 6.54 Å². The van der Waals surface area contributed by atoms with E-state index in [0.29, 0.717) is 18.9 Å². The van der Waals surface area contributed by atoms with Crippen LogP contribution in [0.15, 0.2) is 24.4 Å². The zero-order valence-corrected chi connectivity index (χ0v) is 18.3. The first kappa shape index (κ1) is 20.5. The van der Waals surface area contributed by atoms with Crippen LogP contribution in [0, 0.1) is 28.6 Å². The fraction of sp³-hybridized carbons (Fsp3) is 0.667. The molecule has 2 heterocycles. The second kappa shape index (κ2) is 7.04. The van der Waals surface area contributed by atoms with Gasteiger partial charge >= 0.3 is 0 Å². The molecule has 3 amide bonds. The molecule has 0 radical (unpaired) electrons. The van der Waals surface area contributed by atoms with E-state index in [2.05, 4.69) is 10.3 Å². The van der Waals surface area contributed by atoms with Crippen molar-refractivity contribution in [1.29, 1.82) is 0 Å². The normalized spacial score (nSPS) is 39.5. The molecular formula is C24H32N4O3. The molecule has 7 atom stereocenters. The number of amides is 3. The van der Waals surface area contributed by atoms with E-state index in [9.17, 15) is 14.4 Å². The number of primary amides is 1. The van der Waals surface area contributed by atoms with E-state index in [-0.39, 0.29) is 47.1 Å². The molecule has 0 aromatic carbocycles. The number of nitrogens with zero attached hydrogens (tertiary/aromatic N) is 2. The SMILES string of the molecule is CC(c1ccccn1)N1CCC(C)(C(=O)NC2[C@@H]3CC4C[C@H]2CC(C(N)=O)(C4)C3)C1=O. The van der Waals surface area contributed by atoms with Crippen molar-refractivity contribution in [2.24, 2.45) is 34.3 Å². The van der Waals surface area contributed by atoms with Crippen molar-refractivity contribution in [3.63, 3.8) is 0 Å². The van der Waals surface area contributed by atoms with Crippen LogP contribution in [-0.2, 0) is 14.4 Å². The first-order valence-corrected chi connectivity index (χ1v) is 11.6. The summed E-state index contributed by atoms with van der Waals surface area (Å²) in [5.74, 6) is 0.641. The quantitative estimate of drug-likeness (QED) is 0.707. The molecule has 4 bridgehead atoms. The van der Waals surface area contributed by atoms with Crippen molar-refractivity contribution in [3.8, 4) is 0 Å². The summed E-state index contributed by atoms with van der Waals surface area (Å²) < 4.78 is 0. The van der Waals surface area contributed by atoms with E-state index < -0.39 is 5.41 Å². The Bertz CT molecular complexity index is 903. The lowest BCUT2D eigenvalue weighted by molar-refractivity contribution is -0.151. The Morgan fingerprint density at radius 3 is 2.55 bits per heavy atom. The van der Waals surface area contributed by atoms with Gasteiger partial charge in [-0.2, -0.15) is 0 Å². The van der Waals surface area contributed by atoms with Crippen molar-refractivity contribution in [1.82, 2.24) is 15.2 Å². The summed E-state index contributed by atoms with van der Waals surface area (Å²) in [5.41, 5.74) is 5.19. The van der Waals surface area contributed by atoms with E-state index >= 15 is 0 Å². The molecule has 166 valence electrons. The van der Waals surface area contributed by atoms with Crippen LogP contribution < -0.4 is 11.1 Å². The van der Waals surface area contributed by atoms with Gasteiger partial charge in [0.2, 0.25) is 17.7 Å². The highest BCUT2D eigenvalue weighted by atomic mass is 16.2. The van der Waals surface area contributed by atoms with Gasteiger partial charge in [-0.05, 0) is 82.3 Å². The Labute approximate surface area is 183 Å². The largest absolute Gasteiger partial charge is 0.369 e. The number of nitrogens with one attached hydrogen (secondary N) is 1. The standard InChI is InChI=1S/C24H32N4O3/c1-14(18-5-3-4-7-26-18)28-8-6-23(2,22(28)31)21(30)27-19-16-9-15-10-17(19)13-24(11-15,12-16)20(25)29/h3-5,7,14-17,19H,6,8-13H2,1-2H3,(H2,25,29)(H,27,30)/t14?,15?,16-,17+,19?,23?,24?. The minimum atomic E-state index is -1.06. The van der Waals surface area contributed by atoms with Gasteiger partial charge in [0, 0.05) is 24.2 Å². The average Bonchev–Trinajstić information content (AvgIpc) is 3.06. The highest BCUT2D eigenvalue weighted by molar-refractivity contribution is 6.06. The molecule has 6 rings (SSSR count). The predicted octanol–water partition coefficient (Wildman–Crippen LogP) is 2.18. The monoisotopic (exact) mass is 424 g/mol. The molecule has 7 nitrogen and oxygen atoms in total. The van der Waals surface area contributed by atoms with Gasteiger partial charge in [0.1, 0.15) is 5.41 Å². The first-order chi connectivity index (χ1) is 14.7. The molecule has 0 spiro atoms. The third-order valence-corrected chi connectivity index (χ3v) is 8.76. The smallest absolute Gasteiger partial charge is 0.238 e. The van der Waals surface area contributed by atoms with Crippen molar-refractivity contribution >= 4 is 17.7 Å². The summed E-state index contributed by atoms with van der Waals surface area (Å²) in [6, 6.07) is 5.56. The van der Waals surface area contributed by atoms with Crippen LogP contribution in [0.1, 0.15) is 64.1 Å². The number of hydrogen-bond donors (Lipinski definition) is 2. The summed E-state index contributed by atoms with van der Waals surface area (Å²) in [5, 5.41) is 3.28. The molecular weight excluding hydrogens is 392 g/mol. The molecule has 4 saturated carbocycles. The van der Waals surface area contributed by atoms with Crippen LogP contribution in [0.25, 0.3) is 0 Å². The zero-order valence-electron chi connectivity index (χ0n) is 18.3. The Morgan fingerprint density at radius 2 is 1.94 bits per heavy atom. The minimum Gasteiger partial charge on any atom is -0.369 e. The van der Waals surface area contributed by atoms with Gasteiger partial charge in [0.25, 0.3) is 0 Å². The summed E-state index contributed by atoms with van der Waals surface area (Å²) in [7, 11) is 0. The van der Waals surface area contributed by atoms with Gasteiger partial charge in [0.05, 0.1) is 11.7 Å². The van der Waals surface area contributed by atoms with Crippen LogP contribution >= 0.6 is 0 Å². The molecule has 1 saturated heterocycles. The molecule has 7 heteroatoms. The molecule has 5 unspecified atom stereocenters. The molecule has 1 aromatic heterocycles. The van der Waals surface area contributed by atoms with Crippen molar-refractivity contribution in [3.05, 3.63) is 30.1 Å². The van der Waals surface area contributed by atoms with Crippen LogP contribution in [0.3, 0.4) is 0 Å². The average molecular weight is 425 g/mol. The summed E-state index contributed by atoms with van der Waals surface area (Å²) in [4.78, 5) is 45.1. The van der Waals surface area contributed by atoms with Crippen LogP contribution in [-0.4, -0.2) is 40.2 Å². The third kappa shape index (κ3) is 3.07. The summed E-state index contributed by atoms with van der Waals surface area (Å²) in [6.45, 7) is 4.28. The number of nitrogens with two attached hydrogens (primary N) is 1. The predicted molar refractivity (Wildman–Crippen MR) is 114 cm³/mol. The van der Waals surface area contributed by atoms with Crippen LogP contribution in [0.2, 0.25) is 0 Å². The Hall–Kier alpha value is -2.44. The fourth-order valence-corrected chi connectivity index (χ4v) is 7.10. The number of rotatable bonds is 5. The van der Waals surface area contributed by atoms with Gasteiger partial charge in [-0.25, -0.2) is 0 Å².